The Kier molecular flexibility index (Phi) is 6.19. The van der Waals surface area contributed by atoms with Crippen molar-refractivity contribution in [1.29, 1.82) is 0 Å². The summed E-state index contributed by atoms with van der Waals surface area (Å²) in [6.07, 6.45) is 2.90. The van der Waals surface area contributed by atoms with Crippen molar-refractivity contribution in [3.8, 4) is 11.5 Å². The third-order valence-corrected chi connectivity index (χ3v) is 7.64. The lowest BCUT2D eigenvalue weighted by molar-refractivity contribution is 0.0697. The number of carbonyl (C=O) groups excluding carboxylic acids is 1. The van der Waals surface area contributed by atoms with E-state index in [9.17, 15) is 13.2 Å². The summed E-state index contributed by atoms with van der Waals surface area (Å²) in [5.74, 6) is 0.121. The van der Waals surface area contributed by atoms with Gasteiger partial charge in [-0.25, -0.2) is 28.4 Å². The Bertz CT molecular complexity index is 1500. The summed E-state index contributed by atoms with van der Waals surface area (Å²) in [5, 5.41) is 0.334. The number of hydrogen-bond acceptors (Lipinski definition) is 8. The number of nitrogens with zero attached hydrogens (tertiary/aromatic N) is 6. The van der Waals surface area contributed by atoms with Crippen molar-refractivity contribution in [3.63, 3.8) is 0 Å². The van der Waals surface area contributed by atoms with Crippen LogP contribution in [-0.2, 0) is 16.6 Å². The molecular formula is C22H21ClN8O3S. The van der Waals surface area contributed by atoms with Crippen molar-refractivity contribution in [2.24, 2.45) is 5.73 Å². The first kappa shape index (κ1) is 23.3. The summed E-state index contributed by atoms with van der Waals surface area (Å²) in [5.41, 5.74) is 8.28. The number of halogens is 1. The van der Waals surface area contributed by atoms with E-state index in [-0.39, 0.29) is 37.2 Å². The molecule has 35 heavy (non-hydrogen) atoms. The van der Waals surface area contributed by atoms with Gasteiger partial charge in [-0.05, 0) is 30.3 Å². The predicted molar refractivity (Wildman–Crippen MR) is 129 cm³/mol. The maximum atomic E-state index is 13.1. The lowest BCUT2D eigenvalue weighted by atomic mass is 10.2. The fraction of sp³-hybridized carbons (Fsp3) is 0.227. The minimum atomic E-state index is -3.85. The number of fused-ring (bicyclic) bond motifs is 1. The molecule has 4 heterocycles. The Balaban J connectivity index is 1.26. The largest absolute Gasteiger partial charge is 0.336 e. The van der Waals surface area contributed by atoms with Gasteiger partial charge >= 0.3 is 0 Å². The van der Waals surface area contributed by atoms with Crippen LogP contribution in [0.25, 0.3) is 22.6 Å². The zero-order chi connectivity index (χ0) is 24.6. The lowest BCUT2D eigenvalue weighted by Crippen LogP contribution is -2.50. The van der Waals surface area contributed by atoms with E-state index in [1.807, 2.05) is 12.1 Å². The molecule has 0 radical (unpaired) electrons. The number of aromatic nitrogens is 5. The summed E-state index contributed by atoms with van der Waals surface area (Å²) in [6, 6.07) is 10.3. The van der Waals surface area contributed by atoms with Gasteiger partial charge < -0.3 is 15.6 Å². The van der Waals surface area contributed by atoms with Crippen LogP contribution in [0.5, 0.6) is 0 Å². The number of piperazine rings is 1. The zero-order valence-corrected chi connectivity index (χ0v) is 20.0. The Labute approximate surface area is 206 Å². The standard InChI is InChI=1S/C22H21ClN8O3S/c23-15-4-5-17-19(10-15)29-22(28-17)35(33,34)31-8-6-30(7-9-31)21(32)14-12-25-20(26-13-14)18-3-1-2-16(11-24)27-18/h1-5,10,12-13H,6-9,11,24H2,(H,28,29). The second-order valence-electron chi connectivity index (χ2n) is 7.91. The quantitative estimate of drug-likeness (QED) is 0.409. The molecule has 5 rings (SSSR count). The number of aromatic amines is 1. The van der Waals surface area contributed by atoms with E-state index in [0.29, 0.717) is 45.4 Å². The van der Waals surface area contributed by atoms with Gasteiger partial charge in [0.1, 0.15) is 5.69 Å². The minimum Gasteiger partial charge on any atom is -0.336 e. The minimum absolute atomic E-state index is 0.140. The molecule has 1 aromatic carbocycles. The van der Waals surface area contributed by atoms with Gasteiger partial charge in [0.2, 0.25) is 5.16 Å². The number of carbonyl (C=O) groups is 1. The smallest absolute Gasteiger partial charge is 0.276 e. The van der Waals surface area contributed by atoms with Gasteiger partial charge in [0.05, 0.1) is 22.3 Å². The predicted octanol–water partition coefficient (Wildman–Crippen LogP) is 1.67. The maximum Gasteiger partial charge on any atom is 0.276 e. The van der Waals surface area contributed by atoms with Crippen molar-refractivity contribution in [3.05, 3.63) is 65.1 Å². The van der Waals surface area contributed by atoms with E-state index in [1.165, 1.54) is 16.7 Å². The zero-order valence-electron chi connectivity index (χ0n) is 18.4. The average Bonchev–Trinajstić information content (AvgIpc) is 3.33. The third kappa shape index (κ3) is 4.60. The molecule has 0 unspecified atom stereocenters. The highest BCUT2D eigenvalue weighted by molar-refractivity contribution is 7.89. The highest BCUT2D eigenvalue weighted by atomic mass is 35.5. The van der Waals surface area contributed by atoms with Gasteiger partial charge in [-0.3, -0.25) is 4.79 Å². The molecule has 0 bridgehead atoms. The first-order chi connectivity index (χ1) is 16.8. The fourth-order valence-corrected chi connectivity index (χ4v) is 5.32. The second-order valence-corrected chi connectivity index (χ2v) is 10.2. The monoisotopic (exact) mass is 512 g/mol. The molecule has 3 N–H and O–H groups in total. The van der Waals surface area contributed by atoms with Crippen molar-refractivity contribution >= 4 is 38.6 Å². The summed E-state index contributed by atoms with van der Waals surface area (Å²) in [4.78, 5) is 34.5. The molecule has 11 nitrogen and oxygen atoms in total. The van der Waals surface area contributed by atoms with E-state index in [1.54, 1.807) is 29.2 Å². The van der Waals surface area contributed by atoms with Crippen LogP contribution in [0.3, 0.4) is 0 Å². The molecular weight excluding hydrogens is 492 g/mol. The molecule has 1 aliphatic heterocycles. The average molecular weight is 513 g/mol. The molecule has 3 aromatic heterocycles. The van der Waals surface area contributed by atoms with Gasteiger partial charge in [-0.15, -0.1) is 0 Å². The second kappa shape index (κ2) is 9.30. The SMILES string of the molecule is NCc1cccc(-c2ncc(C(=O)N3CCN(S(=O)(=O)c4nc5ccc(Cl)cc5[nH]4)CC3)cn2)n1. The molecule has 0 aliphatic carbocycles. The number of nitrogens with two attached hydrogens (primary N) is 1. The summed E-state index contributed by atoms with van der Waals surface area (Å²) >= 11 is 5.98. The number of benzene rings is 1. The highest BCUT2D eigenvalue weighted by Crippen LogP contribution is 2.22. The first-order valence-corrected chi connectivity index (χ1v) is 12.6. The van der Waals surface area contributed by atoms with Crippen LogP contribution < -0.4 is 5.73 Å². The Hall–Kier alpha value is -3.45. The molecule has 13 heteroatoms. The number of hydrogen-bond donors (Lipinski definition) is 2. The molecule has 1 fully saturated rings. The molecule has 1 amide bonds. The van der Waals surface area contributed by atoms with E-state index >= 15 is 0 Å². The summed E-state index contributed by atoms with van der Waals surface area (Å²) < 4.78 is 27.4. The van der Waals surface area contributed by atoms with Crippen LogP contribution >= 0.6 is 11.6 Å². The van der Waals surface area contributed by atoms with Gasteiger partial charge in [-0.1, -0.05) is 17.7 Å². The van der Waals surface area contributed by atoms with E-state index < -0.39 is 10.0 Å². The number of imidazole rings is 1. The Morgan fingerprint density at radius 3 is 2.51 bits per heavy atom. The third-order valence-electron chi connectivity index (χ3n) is 5.68. The Morgan fingerprint density at radius 1 is 1.06 bits per heavy atom. The normalized spacial score (nSPS) is 15.0. The van der Waals surface area contributed by atoms with Crippen LogP contribution in [-0.4, -0.2) is 74.6 Å². The number of nitrogens with one attached hydrogen (secondary N) is 1. The maximum absolute atomic E-state index is 13.1. The van der Waals surface area contributed by atoms with Crippen LogP contribution in [0.4, 0.5) is 0 Å². The van der Waals surface area contributed by atoms with Gasteiger partial charge in [0, 0.05) is 50.1 Å². The van der Waals surface area contributed by atoms with Crippen LogP contribution in [0.15, 0.2) is 53.9 Å². The van der Waals surface area contributed by atoms with Crippen molar-refractivity contribution in [2.45, 2.75) is 11.7 Å². The van der Waals surface area contributed by atoms with Gasteiger partial charge in [0.15, 0.2) is 5.82 Å². The topological polar surface area (TPSA) is 151 Å². The molecule has 0 saturated carbocycles. The van der Waals surface area contributed by atoms with Gasteiger partial charge in [0.25, 0.3) is 15.9 Å². The van der Waals surface area contributed by atoms with E-state index in [0.717, 1.165) is 0 Å². The number of amides is 1. The van der Waals surface area contributed by atoms with E-state index in [2.05, 4.69) is 24.9 Å². The molecule has 1 aliphatic rings. The van der Waals surface area contributed by atoms with Crippen molar-refractivity contribution < 1.29 is 13.2 Å². The van der Waals surface area contributed by atoms with Crippen LogP contribution in [0, 0.1) is 0 Å². The van der Waals surface area contributed by atoms with E-state index in [4.69, 9.17) is 17.3 Å². The number of H-pyrrole nitrogens is 1. The molecule has 0 spiro atoms. The summed E-state index contributed by atoms with van der Waals surface area (Å²) in [6.45, 7) is 1.04. The van der Waals surface area contributed by atoms with Gasteiger partial charge in [-0.2, -0.15) is 4.31 Å². The number of pyridine rings is 1. The molecule has 1 saturated heterocycles. The molecule has 0 atom stereocenters. The number of sulfonamides is 1. The summed E-state index contributed by atoms with van der Waals surface area (Å²) in [7, 11) is -3.85. The molecule has 4 aromatic rings. The van der Waals surface area contributed by atoms with Crippen LogP contribution in [0.1, 0.15) is 16.1 Å². The molecule has 180 valence electrons. The fourth-order valence-electron chi connectivity index (χ4n) is 3.81. The van der Waals surface area contributed by atoms with Crippen molar-refractivity contribution in [2.75, 3.05) is 26.2 Å². The first-order valence-electron chi connectivity index (χ1n) is 10.8. The Morgan fingerprint density at radius 2 is 1.80 bits per heavy atom. The lowest BCUT2D eigenvalue weighted by Gasteiger charge is -2.33. The van der Waals surface area contributed by atoms with Crippen LogP contribution in [0.2, 0.25) is 5.02 Å². The number of rotatable bonds is 5. The van der Waals surface area contributed by atoms with Crippen molar-refractivity contribution in [1.82, 2.24) is 34.1 Å². The highest BCUT2D eigenvalue weighted by Gasteiger charge is 2.32.